The molecule has 0 fully saturated rings. The quantitative estimate of drug-likeness (QED) is 0.653. The van der Waals surface area contributed by atoms with Crippen molar-refractivity contribution in [2.75, 3.05) is 13.6 Å². The molecule has 1 aromatic carbocycles. The summed E-state index contributed by atoms with van der Waals surface area (Å²) in [6.45, 7) is 3.01. The first-order valence-electron chi connectivity index (χ1n) is 7.00. The van der Waals surface area contributed by atoms with E-state index in [1.807, 2.05) is 5.38 Å². The van der Waals surface area contributed by atoms with Crippen LogP contribution in [-0.2, 0) is 6.54 Å². The topological polar surface area (TPSA) is 36.4 Å². The van der Waals surface area contributed by atoms with Gasteiger partial charge < -0.3 is 10.6 Å². The molecule has 2 aromatic rings. The first-order valence-corrected chi connectivity index (χ1v) is 7.95. The summed E-state index contributed by atoms with van der Waals surface area (Å²) in [6.07, 6.45) is 0. The number of nitrogens with one attached hydrogen (secondary N) is 2. The van der Waals surface area contributed by atoms with Crippen LogP contribution < -0.4 is 10.6 Å². The van der Waals surface area contributed by atoms with Crippen molar-refractivity contribution in [3.8, 4) is 0 Å². The van der Waals surface area contributed by atoms with Crippen LogP contribution in [0.25, 0.3) is 0 Å². The number of thiophene rings is 1. The van der Waals surface area contributed by atoms with Crippen LogP contribution in [0.5, 0.6) is 0 Å². The Kier molecular flexibility index (Phi) is 5.89. The van der Waals surface area contributed by atoms with E-state index in [0.717, 1.165) is 12.1 Å². The van der Waals surface area contributed by atoms with Crippen LogP contribution in [0.1, 0.15) is 24.0 Å². The highest BCUT2D eigenvalue weighted by Crippen LogP contribution is 2.17. The second-order valence-electron chi connectivity index (χ2n) is 5.00. The van der Waals surface area contributed by atoms with E-state index >= 15 is 0 Å². The van der Waals surface area contributed by atoms with Crippen LogP contribution in [0.4, 0.5) is 8.78 Å². The first kappa shape index (κ1) is 16.4. The Bertz CT molecular complexity index is 626. The van der Waals surface area contributed by atoms with E-state index in [4.69, 9.17) is 0 Å². The van der Waals surface area contributed by atoms with Gasteiger partial charge in [-0.15, -0.1) is 0 Å². The summed E-state index contributed by atoms with van der Waals surface area (Å²) < 4.78 is 26.7. The summed E-state index contributed by atoms with van der Waals surface area (Å²) in [7, 11) is 1.65. The van der Waals surface area contributed by atoms with E-state index in [9.17, 15) is 8.78 Å². The molecule has 22 heavy (non-hydrogen) atoms. The largest absolute Gasteiger partial charge is 0.356 e. The fraction of sp³-hybridized carbons (Fsp3) is 0.312. The molecule has 1 atom stereocenters. The SMILES string of the molecule is CN=C(NCc1cc(F)ccc1F)NCC(C)c1ccsc1. The minimum atomic E-state index is -0.452. The fourth-order valence-corrected chi connectivity index (χ4v) is 2.78. The van der Waals surface area contributed by atoms with Crippen molar-refractivity contribution >= 4 is 17.3 Å². The number of halogens is 2. The molecule has 2 N–H and O–H groups in total. The molecule has 6 heteroatoms. The lowest BCUT2D eigenvalue weighted by molar-refractivity contribution is 0.580. The van der Waals surface area contributed by atoms with Crippen LogP contribution in [0.15, 0.2) is 40.0 Å². The van der Waals surface area contributed by atoms with Gasteiger partial charge in [0.05, 0.1) is 0 Å². The van der Waals surface area contributed by atoms with Crippen LogP contribution in [0.2, 0.25) is 0 Å². The van der Waals surface area contributed by atoms with Crippen molar-refractivity contribution in [1.82, 2.24) is 10.6 Å². The van der Waals surface area contributed by atoms with Crippen molar-refractivity contribution < 1.29 is 8.78 Å². The lowest BCUT2D eigenvalue weighted by Gasteiger charge is -2.15. The summed E-state index contributed by atoms with van der Waals surface area (Å²) in [5.41, 5.74) is 1.54. The van der Waals surface area contributed by atoms with Crippen LogP contribution in [-0.4, -0.2) is 19.6 Å². The Morgan fingerprint density at radius 2 is 2.09 bits per heavy atom. The van der Waals surface area contributed by atoms with Crippen molar-refractivity contribution in [1.29, 1.82) is 0 Å². The molecule has 0 aliphatic rings. The van der Waals surface area contributed by atoms with E-state index in [0.29, 0.717) is 18.4 Å². The molecule has 0 saturated carbocycles. The molecule has 0 saturated heterocycles. The van der Waals surface area contributed by atoms with Gasteiger partial charge in [0, 0.05) is 25.7 Å². The van der Waals surface area contributed by atoms with Gasteiger partial charge in [-0.3, -0.25) is 4.99 Å². The molecule has 3 nitrogen and oxygen atoms in total. The smallest absolute Gasteiger partial charge is 0.191 e. The first-order chi connectivity index (χ1) is 10.6. The van der Waals surface area contributed by atoms with Gasteiger partial charge in [-0.25, -0.2) is 8.78 Å². The maximum atomic E-state index is 13.6. The third-order valence-electron chi connectivity index (χ3n) is 3.37. The van der Waals surface area contributed by atoms with Crippen molar-refractivity contribution in [3.63, 3.8) is 0 Å². The minimum absolute atomic E-state index is 0.177. The summed E-state index contributed by atoms with van der Waals surface area (Å²) in [4.78, 5) is 4.09. The molecular formula is C16H19F2N3S. The van der Waals surface area contributed by atoms with Gasteiger partial charge >= 0.3 is 0 Å². The van der Waals surface area contributed by atoms with Crippen LogP contribution in [0.3, 0.4) is 0 Å². The summed E-state index contributed by atoms with van der Waals surface area (Å²) in [5, 5.41) is 10.3. The predicted octanol–water partition coefficient (Wildman–Crippen LogP) is 3.50. The number of hydrogen-bond donors (Lipinski definition) is 2. The maximum Gasteiger partial charge on any atom is 0.191 e. The molecule has 118 valence electrons. The van der Waals surface area contributed by atoms with Gasteiger partial charge in [0.2, 0.25) is 0 Å². The molecular weight excluding hydrogens is 304 g/mol. The second-order valence-corrected chi connectivity index (χ2v) is 5.78. The number of nitrogens with zero attached hydrogens (tertiary/aromatic N) is 1. The fourth-order valence-electron chi connectivity index (χ4n) is 2.00. The number of hydrogen-bond acceptors (Lipinski definition) is 2. The van der Waals surface area contributed by atoms with Crippen LogP contribution in [0, 0.1) is 11.6 Å². The lowest BCUT2D eigenvalue weighted by atomic mass is 10.1. The standard InChI is InChI=1S/C16H19F2N3S/c1-11(12-5-6-22-10-12)8-20-16(19-2)21-9-13-7-14(17)3-4-15(13)18/h3-7,10-11H,8-9H2,1-2H3,(H2,19,20,21). The number of rotatable bonds is 5. The van der Waals surface area contributed by atoms with Crippen molar-refractivity contribution in [2.45, 2.75) is 19.4 Å². The third-order valence-corrected chi connectivity index (χ3v) is 4.07. The lowest BCUT2D eigenvalue weighted by Crippen LogP contribution is -2.38. The highest BCUT2D eigenvalue weighted by molar-refractivity contribution is 7.07. The summed E-state index contributed by atoms with van der Waals surface area (Å²) in [5.74, 6) is 0.0182. The van der Waals surface area contributed by atoms with E-state index in [2.05, 4.69) is 34.0 Å². The number of benzene rings is 1. The Balaban J connectivity index is 1.86. The van der Waals surface area contributed by atoms with Crippen molar-refractivity contribution in [2.24, 2.45) is 4.99 Å². The van der Waals surface area contributed by atoms with E-state index in [-0.39, 0.29) is 12.1 Å². The van der Waals surface area contributed by atoms with E-state index in [1.165, 1.54) is 11.6 Å². The summed E-state index contributed by atoms with van der Waals surface area (Å²) >= 11 is 1.67. The van der Waals surface area contributed by atoms with Gasteiger partial charge in [0.25, 0.3) is 0 Å². The minimum Gasteiger partial charge on any atom is -0.356 e. The van der Waals surface area contributed by atoms with E-state index in [1.54, 1.807) is 18.4 Å². The highest BCUT2D eigenvalue weighted by atomic mass is 32.1. The molecule has 1 unspecified atom stereocenters. The molecule has 1 heterocycles. The van der Waals surface area contributed by atoms with Gasteiger partial charge in [-0.2, -0.15) is 11.3 Å². The summed E-state index contributed by atoms with van der Waals surface area (Å²) in [6, 6.07) is 5.51. The van der Waals surface area contributed by atoms with E-state index < -0.39 is 11.6 Å². The van der Waals surface area contributed by atoms with Crippen molar-refractivity contribution in [3.05, 3.63) is 57.8 Å². The molecule has 0 radical (unpaired) electrons. The zero-order chi connectivity index (χ0) is 15.9. The molecule has 2 rings (SSSR count). The molecule has 0 aliphatic heterocycles. The average Bonchev–Trinajstić information content (AvgIpc) is 3.05. The molecule has 0 amide bonds. The predicted molar refractivity (Wildman–Crippen MR) is 87.3 cm³/mol. The monoisotopic (exact) mass is 323 g/mol. The Morgan fingerprint density at radius 3 is 2.77 bits per heavy atom. The number of aliphatic imine (C=N–C) groups is 1. The molecule has 0 aliphatic carbocycles. The van der Waals surface area contributed by atoms with Gasteiger partial charge in [-0.05, 0) is 46.5 Å². The maximum absolute atomic E-state index is 13.6. The third kappa shape index (κ3) is 4.53. The van der Waals surface area contributed by atoms with Gasteiger partial charge in [0.15, 0.2) is 5.96 Å². The molecule has 0 spiro atoms. The average molecular weight is 323 g/mol. The zero-order valence-corrected chi connectivity index (χ0v) is 13.4. The number of guanidine groups is 1. The zero-order valence-electron chi connectivity index (χ0n) is 12.6. The highest BCUT2D eigenvalue weighted by Gasteiger charge is 2.08. The normalized spacial score (nSPS) is 13.0. The second kappa shape index (κ2) is 7.89. The van der Waals surface area contributed by atoms with Crippen LogP contribution >= 0.6 is 11.3 Å². The Labute approximate surface area is 133 Å². The Hall–Kier alpha value is -1.95. The van der Waals surface area contributed by atoms with Gasteiger partial charge in [0.1, 0.15) is 11.6 Å². The molecule has 1 aromatic heterocycles. The molecule has 0 bridgehead atoms. The Morgan fingerprint density at radius 1 is 1.27 bits per heavy atom. The van der Waals surface area contributed by atoms with Gasteiger partial charge in [-0.1, -0.05) is 6.92 Å².